The Kier molecular flexibility index (Phi) is 4.29. The van der Waals surface area contributed by atoms with Crippen molar-refractivity contribution in [2.75, 3.05) is 13.6 Å². The Balaban J connectivity index is 2.45. The fourth-order valence-corrected chi connectivity index (χ4v) is 2.11. The average molecular weight is 184 g/mol. The summed E-state index contributed by atoms with van der Waals surface area (Å²) >= 11 is 1.80. The minimum absolute atomic E-state index is 0.494. The molecule has 1 aromatic heterocycles. The third-order valence-corrected chi connectivity index (χ3v) is 2.92. The highest BCUT2D eigenvalue weighted by atomic mass is 32.1. The molecule has 12 heavy (non-hydrogen) atoms. The van der Waals surface area contributed by atoms with Crippen molar-refractivity contribution in [1.82, 2.24) is 5.32 Å². The Bertz CT molecular complexity index is 196. The first kappa shape index (κ1) is 9.71. The summed E-state index contributed by atoms with van der Waals surface area (Å²) in [6, 6.07) is 4.75. The van der Waals surface area contributed by atoms with Crippen LogP contribution in [0.3, 0.4) is 0 Å². The Labute approximate surface area is 77.8 Å². The first-order valence-electron chi connectivity index (χ1n) is 4.29. The largest absolute Gasteiger partial charge is 0.330 e. The second kappa shape index (κ2) is 5.30. The molecular formula is C9H16N2S. The number of hydrogen-bond acceptors (Lipinski definition) is 3. The second-order valence-corrected chi connectivity index (χ2v) is 3.77. The van der Waals surface area contributed by atoms with Gasteiger partial charge in [-0.1, -0.05) is 6.07 Å². The minimum atomic E-state index is 0.494. The van der Waals surface area contributed by atoms with Gasteiger partial charge in [-0.05, 0) is 37.9 Å². The van der Waals surface area contributed by atoms with E-state index in [0.29, 0.717) is 6.04 Å². The van der Waals surface area contributed by atoms with Crippen molar-refractivity contribution in [1.29, 1.82) is 0 Å². The summed E-state index contributed by atoms with van der Waals surface area (Å²) < 4.78 is 0. The van der Waals surface area contributed by atoms with Crippen molar-refractivity contribution < 1.29 is 0 Å². The molecule has 0 spiro atoms. The van der Waals surface area contributed by atoms with E-state index in [2.05, 4.69) is 22.8 Å². The van der Waals surface area contributed by atoms with E-state index in [1.807, 2.05) is 7.05 Å². The van der Waals surface area contributed by atoms with Gasteiger partial charge in [0.1, 0.15) is 0 Å². The lowest BCUT2D eigenvalue weighted by molar-refractivity contribution is 0.539. The summed E-state index contributed by atoms with van der Waals surface area (Å²) in [5.41, 5.74) is 5.46. The SMILES string of the molecule is CNC(CCCN)c1cccs1. The summed E-state index contributed by atoms with van der Waals surface area (Å²) in [7, 11) is 2.00. The van der Waals surface area contributed by atoms with Crippen molar-refractivity contribution in [3.8, 4) is 0 Å². The minimum Gasteiger partial charge on any atom is -0.330 e. The molecule has 0 saturated carbocycles. The molecule has 0 aliphatic carbocycles. The number of nitrogens with one attached hydrogen (secondary N) is 1. The standard InChI is InChI=1S/C9H16N2S/c1-11-8(4-2-6-10)9-5-3-7-12-9/h3,5,7-8,11H,2,4,6,10H2,1H3. The molecule has 0 aromatic carbocycles. The Morgan fingerprint density at radius 3 is 3.00 bits per heavy atom. The Morgan fingerprint density at radius 1 is 1.67 bits per heavy atom. The molecular weight excluding hydrogens is 168 g/mol. The fourth-order valence-electron chi connectivity index (χ4n) is 1.24. The van der Waals surface area contributed by atoms with Crippen molar-refractivity contribution >= 4 is 11.3 Å². The second-order valence-electron chi connectivity index (χ2n) is 2.79. The molecule has 68 valence electrons. The molecule has 1 unspecified atom stereocenters. The highest BCUT2D eigenvalue weighted by Crippen LogP contribution is 2.22. The number of nitrogens with two attached hydrogens (primary N) is 1. The summed E-state index contributed by atoms with van der Waals surface area (Å²) in [5, 5.41) is 5.41. The smallest absolute Gasteiger partial charge is 0.0412 e. The Hall–Kier alpha value is -0.380. The van der Waals surface area contributed by atoms with Crippen molar-refractivity contribution in [2.24, 2.45) is 5.73 Å². The van der Waals surface area contributed by atoms with Crippen molar-refractivity contribution in [3.63, 3.8) is 0 Å². The summed E-state index contributed by atoms with van der Waals surface area (Å²) in [4.78, 5) is 1.41. The zero-order chi connectivity index (χ0) is 8.81. The average Bonchev–Trinajstić information content (AvgIpc) is 2.59. The van der Waals surface area contributed by atoms with Gasteiger partial charge in [0.2, 0.25) is 0 Å². The van der Waals surface area contributed by atoms with Crippen LogP contribution in [0.1, 0.15) is 23.8 Å². The van der Waals surface area contributed by atoms with Gasteiger partial charge in [-0.25, -0.2) is 0 Å². The first-order valence-corrected chi connectivity index (χ1v) is 5.17. The van der Waals surface area contributed by atoms with Crippen LogP contribution in [0.5, 0.6) is 0 Å². The van der Waals surface area contributed by atoms with Crippen molar-refractivity contribution in [3.05, 3.63) is 22.4 Å². The molecule has 0 aliphatic rings. The maximum atomic E-state index is 5.46. The maximum absolute atomic E-state index is 5.46. The van der Waals surface area contributed by atoms with Crippen LogP contribution in [0.15, 0.2) is 17.5 Å². The van der Waals surface area contributed by atoms with Gasteiger partial charge in [-0.15, -0.1) is 11.3 Å². The zero-order valence-electron chi connectivity index (χ0n) is 7.42. The highest BCUT2D eigenvalue weighted by molar-refractivity contribution is 7.10. The van der Waals surface area contributed by atoms with E-state index in [-0.39, 0.29) is 0 Å². The molecule has 0 aliphatic heterocycles. The zero-order valence-corrected chi connectivity index (χ0v) is 8.23. The highest BCUT2D eigenvalue weighted by Gasteiger charge is 2.08. The van der Waals surface area contributed by atoms with E-state index >= 15 is 0 Å². The molecule has 1 rings (SSSR count). The predicted molar refractivity (Wildman–Crippen MR) is 54.4 cm³/mol. The quantitative estimate of drug-likeness (QED) is 0.731. The van der Waals surface area contributed by atoms with Gasteiger partial charge in [0, 0.05) is 10.9 Å². The van der Waals surface area contributed by atoms with E-state index in [4.69, 9.17) is 5.73 Å². The topological polar surface area (TPSA) is 38.0 Å². The van der Waals surface area contributed by atoms with Crippen LogP contribution >= 0.6 is 11.3 Å². The van der Waals surface area contributed by atoms with E-state index in [1.54, 1.807) is 11.3 Å². The number of hydrogen-bond donors (Lipinski definition) is 2. The van der Waals surface area contributed by atoms with Crippen LogP contribution in [-0.2, 0) is 0 Å². The van der Waals surface area contributed by atoms with E-state index in [9.17, 15) is 0 Å². The molecule has 3 N–H and O–H groups in total. The van der Waals surface area contributed by atoms with Gasteiger partial charge in [-0.2, -0.15) is 0 Å². The Morgan fingerprint density at radius 2 is 2.50 bits per heavy atom. The first-order chi connectivity index (χ1) is 5.88. The summed E-state index contributed by atoms with van der Waals surface area (Å²) in [5.74, 6) is 0. The fraction of sp³-hybridized carbons (Fsp3) is 0.556. The molecule has 0 radical (unpaired) electrons. The van der Waals surface area contributed by atoms with Gasteiger partial charge in [-0.3, -0.25) is 0 Å². The normalized spacial score (nSPS) is 13.2. The molecule has 1 heterocycles. The van der Waals surface area contributed by atoms with E-state index < -0.39 is 0 Å². The lowest BCUT2D eigenvalue weighted by Crippen LogP contribution is -2.16. The third-order valence-electron chi connectivity index (χ3n) is 1.93. The number of thiophene rings is 1. The monoisotopic (exact) mass is 184 g/mol. The third kappa shape index (κ3) is 2.59. The molecule has 1 atom stereocenters. The lowest BCUT2D eigenvalue weighted by atomic mass is 10.1. The van der Waals surface area contributed by atoms with Gasteiger partial charge in [0.15, 0.2) is 0 Å². The van der Waals surface area contributed by atoms with Gasteiger partial charge in [0.05, 0.1) is 0 Å². The van der Waals surface area contributed by atoms with Gasteiger partial charge < -0.3 is 11.1 Å². The predicted octanol–water partition coefficient (Wildman–Crippen LogP) is 1.75. The van der Waals surface area contributed by atoms with E-state index in [1.165, 1.54) is 4.88 Å². The van der Waals surface area contributed by atoms with E-state index in [0.717, 1.165) is 19.4 Å². The molecule has 0 saturated heterocycles. The van der Waals surface area contributed by atoms with Crippen LogP contribution in [0.4, 0.5) is 0 Å². The maximum Gasteiger partial charge on any atom is 0.0412 e. The van der Waals surface area contributed by atoms with Crippen LogP contribution in [0.25, 0.3) is 0 Å². The summed E-state index contributed by atoms with van der Waals surface area (Å²) in [6.45, 7) is 0.781. The van der Waals surface area contributed by atoms with Gasteiger partial charge in [0.25, 0.3) is 0 Å². The van der Waals surface area contributed by atoms with Crippen LogP contribution in [-0.4, -0.2) is 13.6 Å². The van der Waals surface area contributed by atoms with Crippen LogP contribution < -0.4 is 11.1 Å². The summed E-state index contributed by atoms with van der Waals surface area (Å²) in [6.07, 6.45) is 2.22. The molecule has 2 nitrogen and oxygen atoms in total. The molecule has 0 fully saturated rings. The van der Waals surface area contributed by atoms with Crippen LogP contribution in [0.2, 0.25) is 0 Å². The lowest BCUT2D eigenvalue weighted by Gasteiger charge is -2.13. The molecule has 1 aromatic rings. The molecule has 3 heteroatoms. The van der Waals surface area contributed by atoms with Crippen molar-refractivity contribution in [2.45, 2.75) is 18.9 Å². The molecule has 0 bridgehead atoms. The van der Waals surface area contributed by atoms with Crippen LogP contribution in [0, 0.1) is 0 Å². The number of rotatable bonds is 5. The molecule has 0 amide bonds. The van der Waals surface area contributed by atoms with Gasteiger partial charge >= 0.3 is 0 Å².